The Hall–Kier alpha value is -0.640. The first kappa shape index (κ1) is 14.3. The molecule has 2 aliphatic rings. The highest BCUT2D eigenvalue weighted by Crippen LogP contribution is 2.36. The largest absolute Gasteiger partial charge is 0.381 e. The molecule has 0 bridgehead atoms. The van der Waals surface area contributed by atoms with E-state index in [4.69, 9.17) is 16.3 Å². The minimum Gasteiger partial charge on any atom is -0.381 e. The van der Waals surface area contributed by atoms with Gasteiger partial charge in [-0.1, -0.05) is 17.7 Å². The van der Waals surface area contributed by atoms with Crippen LogP contribution in [0.2, 0.25) is 5.02 Å². The summed E-state index contributed by atoms with van der Waals surface area (Å²) < 4.78 is 19.5. The van der Waals surface area contributed by atoms with Gasteiger partial charge in [0.25, 0.3) is 0 Å². The fourth-order valence-electron chi connectivity index (χ4n) is 2.94. The molecule has 110 valence electrons. The Morgan fingerprint density at radius 3 is 2.70 bits per heavy atom. The molecule has 1 saturated carbocycles. The summed E-state index contributed by atoms with van der Waals surface area (Å²) in [5.41, 5.74) is 0.893. The van der Waals surface area contributed by atoms with Crippen LogP contribution in [-0.2, 0) is 11.2 Å². The van der Waals surface area contributed by atoms with E-state index in [9.17, 15) is 4.39 Å². The van der Waals surface area contributed by atoms with E-state index in [1.165, 1.54) is 18.9 Å². The second kappa shape index (κ2) is 6.00. The molecule has 3 rings (SSSR count). The first-order valence-electron chi connectivity index (χ1n) is 7.42. The topological polar surface area (TPSA) is 21.3 Å². The summed E-state index contributed by atoms with van der Waals surface area (Å²) in [6, 6.07) is 5.70. The Bertz CT molecular complexity index is 470. The fourth-order valence-corrected chi connectivity index (χ4v) is 3.10. The van der Waals surface area contributed by atoms with Crippen molar-refractivity contribution in [1.82, 2.24) is 5.32 Å². The fraction of sp³-hybridized carbons (Fsp3) is 0.625. The third-order valence-electron chi connectivity index (χ3n) is 4.48. The Kier molecular flexibility index (Phi) is 4.29. The van der Waals surface area contributed by atoms with Crippen molar-refractivity contribution in [3.05, 3.63) is 34.6 Å². The van der Waals surface area contributed by atoms with Gasteiger partial charge in [-0.15, -0.1) is 0 Å². The van der Waals surface area contributed by atoms with Gasteiger partial charge in [0.15, 0.2) is 0 Å². The zero-order valence-corrected chi connectivity index (χ0v) is 12.4. The first-order chi connectivity index (χ1) is 9.67. The molecule has 0 aromatic heterocycles. The van der Waals surface area contributed by atoms with Gasteiger partial charge < -0.3 is 10.1 Å². The highest BCUT2D eigenvalue weighted by molar-refractivity contribution is 6.30. The van der Waals surface area contributed by atoms with Crippen LogP contribution in [0.1, 0.15) is 31.2 Å². The molecule has 2 nitrogen and oxygen atoms in total. The van der Waals surface area contributed by atoms with Gasteiger partial charge in [0.2, 0.25) is 0 Å². The zero-order chi connectivity index (χ0) is 14.0. The summed E-state index contributed by atoms with van der Waals surface area (Å²) in [6.07, 6.45) is 5.31. The highest BCUT2D eigenvalue weighted by Gasteiger charge is 2.35. The van der Waals surface area contributed by atoms with E-state index in [0.717, 1.165) is 44.6 Å². The van der Waals surface area contributed by atoms with Crippen LogP contribution in [0, 0.1) is 11.2 Å². The van der Waals surface area contributed by atoms with Gasteiger partial charge in [-0.2, -0.15) is 0 Å². The maximum absolute atomic E-state index is 14.1. The molecule has 1 aliphatic carbocycles. The molecule has 1 heterocycles. The maximum Gasteiger partial charge on any atom is 0.127 e. The second-order valence-electron chi connectivity index (χ2n) is 6.18. The third kappa shape index (κ3) is 3.51. The summed E-state index contributed by atoms with van der Waals surface area (Å²) in [5.74, 6) is -0.185. The van der Waals surface area contributed by atoms with Gasteiger partial charge >= 0.3 is 0 Å². The molecular weight excluding hydrogens is 277 g/mol. The van der Waals surface area contributed by atoms with E-state index in [1.807, 2.05) is 6.07 Å². The lowest BCUT2D eigenvalue weighted by Crippen LogP contribution is -2.41. The van der Waals surface area contributed by atoms with E-state index in [-0.39, 0.29) is 11.2 Å². The molecule has 1 saturated heterocycles. The summed E-state index contributed by atoms with van der Waals surface area (Å²) in [5, 5.41) is 4.08. The lowest BCUT2D eigenvalue weighted by Gasteiger charge is -2.38. The third-order valence-corrected chi connectivity index (χ3v) is 4.71. The minimum atomic E-state index is -0.185. The number of benzene rings is 1. The monoisotopic (exact) mass is 297 g/mol. The molecule has 1 N–H and O–H groups in total. The van der Waals surface area contributed by atoms with E-state index in [0.29, 0.717) is 11.1 Å². The average molecular weight is 298 g/mol. The van der Waals surface area contributed by atoms with Crippen molar-refractivity contribution in [2.24, 2.45) is 5.41 Å². The van der Waals surface area contributed by atoms with Crippen LogP contribution in [-0.4, -0.2) is 25.8 Å². The van der Waals surface area contributed by atoms with Gasteiger partial charge in [-0.25, -0.2) is 4.39 Å². The van der Waals surface area contributed by atoms with Crippen LogP contribution < -0.4 is 5.32 Å². The number of hydrogen-bond acceptors (Lipinski definition) is 2. The number of ether oxygens (including phenoxy) is 1. The molecule has 0 radical (unpaired) electrons. The SMILES string of the molecule is Fc1cc(Cl)ccc1CC1(CNC2CC2)CCOCC1. The standard InChI is InChI=1S/C16H21ClFNO/c17-13-2-1-12(15(18)9-13)10-16(5-7-20-8-6-16)11-19-14-3-4-14/h1-2,9,14,19H,3-8,10-11H2. The van der Waals surface area contributed by atoms with Crippen LogP contribution in [0.25, 0.3) is 0 Å². The molecule has 2 fully saturated rings. The Balaban J connectivity index is 1.73. The summed E-state index contributed by atoms with van der Waals surface area (Å²) in [7, 11) is 0. The molecule has 1 aliphatic heterocycles. The van der Waals surface area contributed by atoms with Gasteiger partial charge in [-0.05, 0) is 55.2 Å². The van der Waals surface area contributed by atoms with E-state index in [2.05, 4.69) is 5.32 Å². The smallest absolute Gasteiger partial charge is 0.127 e. The molecule has 20 heavy (non-hydrogen) atoms. The lowest BCUT2D eigenvalue weighted by atomic mass is 9.75. The van der Waals surface area contributed by atoms with Crippen molar-refractivity contribution < 1.29 is 9.13 Å². The van der Waals surface area contributed by atoms with Crippen LogP contribution >= 0.6 is 11.6 Å². The molecule has 0 atom stereocenters. The first-order valence-corrected chi connectivity index (χ1v) is 7.80. The number of hydrogen-bond donors (Lipinski definition) is 1. The van der Waals surface area contributed by atoms with Gasteiger partial charge in [0.05, 0.1) is 0 Å². The number of nitrogens with one attached hydrogen (secondary N) is 1. The van der Waals surface area contributed by atoms with Crippen molar-refractivity contribution in [1.29, 1.82) is 0 Å². The summed E-state index contributed by atoms with van der Waals surface area (Å²) >= 11 is 5.83. The van der Waals surface area contributed by atoms with Crippen LogP contribution in [0.15, 0.2) is 18.2 Å². The quantitative estimate of drug-likeness (QED) is 0.897. The van der Waals surface area contributed by atoms with E-state index < -0.39 is 0 Å². The molecule has 0 spiro atoms. The molecular formula is C16H21ClFNO. The van der Waals surface area contributed by atoms with E-state index >= 15 is 0 Å². The number of halogens is 2. The predicted octanol–water partition coefficient (Wildman–Crippen LogP) is 3.57. The molecule has 1 aromatic rings. The summed E-state index contributed by atoms with van der Waals surface area (Å²) in [4.78, 5) is 0. The normalized spacial score (nSPS) is 21.9. The van der Waals surface area contributed by atoms with Gasteiger partial charge in [-0.3, -0.25) is 0 Å². The molecule has 0 unspecified atom stereocenters. The van der Waals surface area contributed by atoms with Crippen molar-refractivity contribution in [3.63, 3.8) is 0 Å². The lowest BCUT2D eigenvalue weighted by molar-refractivity contribution is 0.0144. The summed E-state index contributed by atoms with van der Waals surface area (Å²) in [6.45, 7) is 2.52. The van der Waals surface area contributed by atoms with Crippen molar-refractivity contribution in [2.45, 2.75) is 38.1 Å². The predicted molar refractivity (Wildman–Crippen MR) is 78.6 cm³/mol. The zero-order valence-electron chi connectivity index (χ0n) is 11.6. The number of rotatable bonds is 5. The van der Waals surface area contributed by atoms with E-state index in [1.54, 1.807) is 6.07 Å². The molecule has 1 aromatic carbocycles. The van der Waals surface area contributed by atoms with Crippen LogP contribution in [0.5, 0.6) is 0 Å². The molecule has 0 amide bonds. The molecule has 4 heteroatoms. The van der Waals surface area contributed by atoms with Crippen LogP contribution in [0.4, 0.5) is 4.39 Å². The van der Waals surface area contributed by atoms with Crippen molar-refractivity contribution >= 4 is 11.6 Å². The maximum atomic E-state index is 14.1. The Morgan fingerprint density at radius 2 is 2.05 bits per heavy atom. The minimum absolute atomic E-state index is 0.121. The highest BCUT2D eigenvalue weighted by atomic mass is 35.5. The van der Waals surface area contributed by atoms with Gasteiger partial charge in [0.1, 0.15) is 5.82 Å². The van der Waals surface area contributed by atoms with Gasteiger partial charge in [0, 0.05) is 30.8 Å². The Labute approximate surface area is 124 Å². The van der Waals surface area contributed by atoms with Crippen molar-refractivity contribution in [2.75, 3.05) is 19.8 Å². The van der Waals surface area contributed by atoms with Crippen molar-refractivity contribution in [3.8, 4) is 0 Å². The van der Waals surface area contributed by atoms with Crippen LogP contribution in [0.3, 0.4) is 0 Å². The second-order valence-corrected chi connectivity index (χ2v) is 6.62. The Morgan fingerprint density at radius 1 is 1.30 bits per heavy atom. The average Bonchev–Trinajstić information content (AvgIpc) is 3.25.